The molecular weight excluding hydrogens is 280 g/mol. The van der Waals surface area contributed by atoms with Gasteiger partial charge in [0.25, 0.3) is 0 Å². The van der Waals surface area contributed by atoms with Crippen LogP contribution in [0.2, 0.25) is 0 Å². The molecule has 0 bridgehead atoms. The van der Waals surface area contributed by atoms with E-state index in [-0.39, 0.29) is 11.5 Å². The van der Waals surface area contributed by atoms with Crippen molar-refractivity contribution >= 4 is 21.7 Å². The summed E-state index contributed by atoms with van der Waals surface area (Å²) in [4.78, 5) is 11.3. The molecule has 2 aromatic carbocycles. The number of Topliss-reactive ketones (excluding diaryl/α,β-unsaturated/α-hetero) is 1. The minimum Gasteiger partial charge on any atom is -0.508 e. The molecule has 1 N–H and O–H groups in total. The van der Waals surface area contributed by atoms with E-state index in [0.29, 0.717) is 5.56 Å². The van der Waals surface area contributed by atoms with Crippen molar-refractivity contribution in [3.63, 3.8) is 0 Å². The van der Waals surface area contributed by atoms with E-state index in [1.165, 1.54) is 6.92 Å². The van der Waals surface area contributed by atoms with Gasteiger partial charge in [0.15, 0.2) is 5.78 Å². The van der Waals surface area contributed by atoms with E-state index >= 15 is 0 Å². The zero-order valence-corrected chi connectivity index (χ0v) is 10.9. The van der Waals surface area contributed by atoms with Crippen LogP contribution in [0.15, 0.2) is 46.9 Å². The Labute approximate surface area is 108 Å². The Bertz CT molecular complexity index is 556. The molecule has 2 aromatic rings. The zero-order chi connectivity index (χ0) is 12.4. The van der Waals surface area contributed by atoms with Crippen molar-refractivity contribution in [2.24, 2.45) is 0 Å². The number of rotatable bonds is 2. The van der Waals surface area contributed by atoms with Crippen LogP contribution in [0.25, 0.3) is 11.1 Å². The van der Waals surface area contributed by atoms with Crippen LogP contribution in [0.5, 0.6) is 5.75 Å². The fourth-order valence-corrected chi connectivity index (χ4v) is 2.14. The number of phenolic OH excluding ortho intramolecular Hbond substituents is 1. The lowest BCUT2D eigenvalue weighted by molar-refractivity contribution is 0.101. The quantitative estimate of drug-likeness (QED) is 0.848. The van der Waals surface area contributed by atoms with Crippen LogP contribution in [-0.2, 0) is 0 Å². The number of hydrogen-bond acceptors (Lipinski definition) is 2. The minimum absolute atomic E-state index is 0.0334. The van der Waals surface area contributed by atoms with Crippen LogP contribution in [0.3, 0.4) is 0 Å². The molecular formula is C14H11BrO2. The first-order chi connectivity index (χ1) is 8.06. The van der Waals surface area contributed by atoms with Crippen molar-refractivity contribution < 1.29 is 9.90 Å². The van der Waals surface area contributed by atoms with Gasteiger partial charge in [-0.25, -0.2) is 0 Å². The minimum atomic E-state index is 0.0334. The maximum absolute atomic E-state index is 11.3. The molecule has 0 saturated carbocycles. The predicted molar refractivity (Wildman–Crippen MR) is 71.2 cm³/mol. The molecule has 0 amide bonds. The molecule has 0 aliphatic rings. The first-order valence-electron chi connectivity index (χ1n) is 5.17. The fourth-order valence-electron chi connectivity index (χ4n) is 1.66. The monoisotopic (exact) mass is 290 g/mol. The average Bonchev–Trinajstić information content (AvgIpc) is 2.28. The Hall–Kier alpha value is -1.61. The number of halogens is 1. The highest BCUT2D eigenvalue weighted by atomic mass is 79.9. The first kappa shape index (κ1) is 11.9. The first-order valence-corrected chi connectivity index (χ1v) is 5.96. The molecule has 0 spiro atoms. The fraction of sp³-hybridized carbons (Fsp3) is 0.0714. The van der Waals surface area contributed by atoms with Gasteiger partial charge >= 0.3 is 0 Å². The van der Waals surface area contributed by atoms with Gasteiger partial charge in [0.05, 0.1) is 0 Å². The second-order valence-corrected chi connectivity index (χ2v) is 4.75. The maximum atomic E-state index is 11.3. The molecule has 0 aliphatic heterocycles. The lowest BCUT2D eigenvalue weighted by Crippen LogP contribution is -1.91. The predicted octanol–water partition coefficient (Wildman–Crippen LogP) is 4.02. The molecule has 0 aromatic heterocycles. The van der Waals surface area contributed by atoms with Crippen LogP contribution in [0.1, 0.15) is 17.3 Å². The second-order valence-electron chi connectivity index (χ2n) is 3.84. The molecule has 86 valence electrons. The van der Waals surface area contributed by atoms with Crippen molar-refractivity contribution in [2.75, 3.05) is 0 Å². The van der Waals surface area contributed by atoms with Crippen LogP contribution in [-0.4, -0.2) is 10.9 Å². The van der Waals surface area contributed by atoms with Crippen molar-refractivity contribution in [1.82, 2.24) is 0 Å². The highest BCUT2D eigenvalue weighted by Crippen LogP contribution is 2.28. The lowest BCUT2D eigenvalue weighted by Gasteiger charge is -2.05. The van der Waals surface area contributed by atoms with E-state index < -0.39 is 0 Å². The smallest absolute Gasteiger partial charge is 0.159 e. The molecule has 2 rings (SSSR count). The van der Waals surface area contributed by atoms with Gasteiger partial charge in [-0.15, -0.1) is 0 Å². The summed E-state index contributed by atoms with van der Waals surface area (Å²) >= 11 is 3.33. The molecule has 2 nitrogen and oxygen atoms in total. The summed E-state index contributed by atoms with van der Waals surface area (Å²) in [5, 5.41) is 9.54. The SMILES string of the molecule is CC(=O)c1cccc(-c2cc(O)cc(Br)c2)c1. The Morgan fingerprint density at radius 3 is 2.53 bits per heavy atom. The normalized spacial score (nSPS) is 10.2. The molecule has 0 aliphatic carbocycles. The summed E-state index contributed by atoms with van der Waals surface area (Å²) < 4.78 is 0.806. The highest BCUT2D eigenvalue weighted by molar-refractivity contribution is 9.10. The summed E-state index contributed by atoms with van der Waals surface area (Å²) in [5.41, 5.74) is 2.45. The van der Waals surface area contributed by atoms with Gasteiger partial charge in [-0.2, -0.15) is 0 Å². The number of aromatic hydroxyl groups is 1. The van der Waals surface area contributed by atoms with E-state index in [4.69, 9.17) is 0 Å². The number of phenols is 1. The maximum Gasteiger partial charge on any atom is 0.159 e. The molecule has 0 heterocycles. The Morgan fingerprint density at radius 2 is 1.88 bits per heavy atom. The highest BCUT2D eigenvalue weighted by Gasteiger charge is 2.04. The number of ketones is 1. The Morgan fingerprint density at radius 1 is 1.12 bits per heavy atom. The average molecular weight is 291 g/mol. The van der Waals surface area contributed by atoms with E-state index in [9.17, 15) is 9.90 Å². The van der Waals surface area contributed by atoms with E-state index in [1.807, 2.05) is 24.3 Å². The van der Waals surface area contributed by atoms with Crippen LogP contribution in [0, 0.1) is 0 Å². The summed E-state index contributed by atoms with van der Waals surface area (Å²) in [6.45, 7) is 1.54. The molecule has 0 saturated heterocycles. The lowest BCUT2D eigenvalue weighted by atomic mass is 10.0. The second kappa shape index (κ2) is 4.72. The summed E-state index contributed by atoms with van der Waals surface area (Å²) in [6.07, 6.45) is 0. The van der Waals surface area contributed by atoms with Gasteiger partial charge < -0.3 is 5.11 Å². The third kappa shape index (κ3) is 2.74. The van der Waals surface area contributed by atoms with Crippen molar-refractivity contribution in [3.05, 3.63) is 52.5 Å². The van der Waals surface area contributed by atoms with Gasteiger partial charge in [0.2, 0.25) is 0 Å². The van der Waals surface area contributed by atoms with E-state index in [0.717, 1.165) is 15.6 Å². The van der Waals surface area contributed by atoms with Gasteiger partial charge in [0.1, 0.15) is 5.75 Å². The molecule has 0 fully saturated rings. The third-order valence-corrected chi connectivity index (χ3v) is 2.94. The molecule has 0 radical (unpaired) electrons. The van der Waals surface area contributed by atoms with Crippen molar-refractivity contribution in [2.45, 2.75) is 6.92 Å². The van der Waals surface area contributed by atoms with Crippen molar-refractivity contribution in [1.29, 1.82) is 0 Å². The van der Waals surface area contributed by atoms with Crippen LogP contribution in [0.4, 0.5) is 0 Å². The summed E-state index contributed by atoms with van der Waals surface area (Å²) in [6, 6.07) is 12.5. The largest absolute Gasteiger partial charge is 0.508 e. The molecule has 3 heteroatoms. The third-order valence-electron chi connectivity index (χ3n) is 2.48. The topological polar surface area (TPSA) is 37.3 Å². The number of hydrogen-bond donors (Lipinski definition) is 1. The number of carbonyl (C=O) groups is 1. The van der Waals surface area contributed by atoms with Crippen LogP contribution < -0.4 is 0 Å². The standard InChI is InChI=1S/C14H11BrO2/c1-9(16)10-3-2-4-11(5-10)12-6-13(15)8-14(17)7-12/h2-8,17H,1H3. The summed E-state index contributed by atoms with van der Waals surface area (Å²) in [7, 11) is 0. The zero-order valence-electron chi connectivity index (χ0n) is 9.27. The number of benzene rings is 2. The van der Waals surface area contributed by atoms with Crippen molar-refractivity contribution in [3.8, 4) is 16.9 Å². The summed E-state index contributed by atoms with van der Waals surface area (Å²) in [5.74, 6) is 0.230. The Kier molecular flexibility index (Phi) is 3.29. The molecule has 0 atom stereocenters. The van der Waals surface area contributed by atoms with Gasteiger partial charge in [-0.05, 0) is 42.3 Å². The Balaban J connectivity index is 2.52. The molecule has 0 unspecified atom stereocenters. The number of carbonyl (C=O) groups excluding carboxylic acids is 1. The van der Waals surface area contributed by atoms with Crippen LogP contribution >= 0.6 is 15.9 Å². The van der Waals surface area contributed by atoms with Gasteiger partial charge in [-0.3, -0.25) is 4.79 Å². The molecule has 17 heavy (non-hydrogen) atoms. The van der Waals surface area contributed by atoms with Gasteiger partial charge in [-0.1, -0.05) is 34.1 Å². The van der Waals surface area contributed by atoms with E-state index in [2.05, 4.69) is 15.9 Å². The van der Waals surface area contributed by atoms with E-state index in [1.54, 1.807) is 18.2 Å². The van der Waals surface area contributed by atoms with Gasteiger partial charge in [0, 0.05) is 10.0 Å².